The third kappa shape index (κ3) is 5.69. The predicted octanol–water partition coefficient (Wildman–Crippen LogP) is -1.68. The summed E-state index contributed by atoms with van der Waals surface area (Å²) < 4.78 is 32.9. The van der Waals surface area contributed by atoms with Crippen LogP contribution in [-0.2, 0) is 14.2 Å². The lowest BCUT2D eigenvalue weighted by molar-refractivity contribution is -0.354. The molecule has 0 saturated carbocycles. The van der Waals surface area contributed by atoms with Crippen LogP contribution in [0.4, 0.5) is 0 Å². The summed E-state index contributed by atoms with van der Waals surface area (Å²) in [7, 11) is 1.26. The van der Waals surface area contributed by atoms with E-state index in [1.807, 2.05) is 0 Å². The topological polar surface area (TPSA) is 279 Å². The van der Waals surface area contributed by atoms with Crippen molar-refractivity contribution in [2.75, 3.05) is 13.7 Å². The molecule has 3 heterocycles. The number of methoxy groups -OCH3 is 1. The van der Waals surface area contributed by atoms with Gasteiger partial charge in [0.1, 0.15) is 47.8 Å². The zero-order chi connectivity index (χ0) is 32.9. The molecule has 2 aliphatic rings. The molecule has 10 atom stereocenters. The zero-order valence-corrected chi connectivity index (χ0v) is 23.6. The summed E-state index contributed by atoms with van der Waals surface area (Å²) in [6.45, 7) is 0.552. The smallest absolute Gasteiger partial charge is 0.238 e. The van der Waals surface area contributed by atoms with E-state index in [-0.39, 0.29) is 17.1 Å². The van der Waals surface area contributed by atoms with Crippen LogP contribution in [0.1, 0.15) is 6.92 Å². The van der Waals surface area contributed by atoms with E-state index in [1.165, 1.54) is 32.2 Å². The van der Waals surface area contributed by atoms with Crippen LogP contribution in [-0.4, -0.2) is 126 Å². The number of benzene rings is 2. The van der Waals surface area contributed by atoms with Crippen LogP contribution in [0.15, 0.2) is 33.5 Å². The maximum atomic E-state index is 13.0. The van der Waals surface area contributed by atoms with E-state index in [2.05, 4.69) is 0 Å². The van der Waals surface area contributed by atoms with E-state index < -0.39 is 113 Å². The molecule has 0 radical (unpaired) electrons. The quantitative estimate of drug-likeness (QED) is 0.129. The molecule has 0 amide bonds. The molecule has 3 aromatic rings. The van der Waals surface area contributed by atoms with Crippen molar-refractivity contribution in [3.63, 3.8) is 0 Å². The van der Waals surface area contributed by atoms with Gasteiger partial charge in [-0.1, -0.05) is 0 Å². The summed E-state index contributed by atoms with van der Waals surface area (Å²) in [5.41, 5.74) is -1.78. The Balaban J connectivity index is 1.55. The van der Waals surface area contributed by atoms with Crippen molar-refractivity contribution < 1.29 is 79.2 Å². The first-order valence-corrected chi connectivity index (χ1v) is 13.5. The number of aliphatic hydroxyl groups excluding tert-OH is 6. The largest absolute Gasteiger partial charge is 0.507 e. The van der Waals surface area contributed by atoms with Crippen molar-refractivity contribution in [1.82, 2.24) is 0 Å². The minimum atomic E-state index is -1.89. The summed E-state index contributed by atoms with van der Waals surface area (Å²) in [5.74, 6) is -4.09. The van der Waals surface area contributed by atoms with Crippen LogP contribution in [0.5, 0.6) is 34.5 Å². The molecule has 10 N–H and O–H groups in total. The Labute approximate surface area is 252 Å². The lowest BCUT2D eigenvalue weighted by Crippen LogP contribution is -2.64. The Morgan fingerprint density at radius 2 is 1.51 bits per heavy atom. The van der Waals surface area contributed by atoms with Gasteiger partial charge in [0.05, 0.1) is 19.8 Å². The Bertz CT molecular complexity index is 1610. The van der Waals surface area contributed by atoms with E-state index in [0.717, 1.165) is 6.07 Å². The van der Waals surface area contributed by atoms with Gasteiger partial charge in [0, 0.05) is 11.6 Å². The van der Waals surface area contributed by atoms with Crippen LogP contribution in [0.3, 0.4) is 0 Å². The Morgan fingerprint density at radius 1 is 0.800 bits per heavy atom. The summed E-state index contributed by atoms with van der Waals surface area (Å²) >= 11 is 0. The molecule has 0 bridgehead atoms. The molecule has 0 unspecified atom stereocenters. The van der Waals surface area contributed by atoms with Crippen molar-refractivity contribution >= 4 is 11.0 Å². The third-order valence-electron chi connectivity index (χ3n) is 7.67. The van der Waals surface area contributed by atoms with Crippen LogP contribution >= 0.6 is 0 Å². The van der Waals surface area contributed by atoms with E-state index in [1.54, 1.807) is 0 Å². The molecule has 17 heteroatoms. The summed E-state index contributed by atoms with van der Waals surface area (Å²) in [6.07, 6.45) is -16.5. The van der Waals surface area contributed by atoms with E-state index in [0.29, 0.717) is 0 Å². The average Bonchev–Trinajstić information content (AvgIpc) is 3.02. The van der Waals surface area contributed by atoms with E-state index in [4.69, 9.17) is 28.1 Å². The van der Waals surface area contributed by atoms with E-state index >= 15 is 0 Å². The molecule has 0 aliphatic carbocycles. The van der Waals surface area contributed by atoms with Gasteiger partial charge in [-0.2, -0.15) is 0 Å². The first-order chi connectivity index (χ1) is 21.3. The van der Waals surface area contributed by atoms with Gasteiger partial charge in [-0.15, -0.1) is 0 Å². The van der Waals surface area contributed by atoms with Gasteiger partial charge in [0.15, 0.2) is 41.0 Å². The molecular weight excluding hydrogens is 608 g/mol. The SMILES string of the molecule is COc1cc(-c2oc3c(O)c(O[C@@H]4O[C@H](CO)[C@@H](O)[C@H](O)[C@H]4O[C@@H]4O[C@@H](C)[C@H](O)[C@@H](O)[C@H]4O)cc(O)c3c(=O)c2O)ccc1O. The highest BCUT2D eigenvalue weighted by Gasteiger charge is 2.51. The van der Waals surface area contributed by atoms with Crippen LogP contribution in [0, 0.1) is 0 Å². The summed E-state index contributed by atoms with van der Waals surface area (Å²) in [5, 5.41) is 103. The molecule has 0 spiro atoms. The van der Waals surface area contributed by atoms with Gasteiger partial charge in [-0.05, 0) is 25.1 Å². The lowest BCUT2D eigenvalue weighted by atomic mass is 9.97. The van der Waals surface area contributed by atoms with Crippen LogP contribution in [0.25, 0.3) is 22.3 Å². The highest BCUT2D eigenvalue weighted by molar-refractivity contribution is 5.93. The summed E-state index contributed by atoms with van der Waals surface area (Å²) in [4.78, 5) is 13.0. The Morgan fingerprint density at radius 3 is 2.18 bits per heavy atom. The minimum absolute atomic E-state index is 0.0333. The molecule has 45 heavy (non-hydrogen) atoms. The van der Waals surface area contributed by atoms with Crippen molar-refractivity contribution in [2.45, 2.75) is 68.3 Å². The number of aliphatic hydroxyl groups is 6. The van der Waals surface area contributed by atoms with Crippen LogP contribution in [0.2, 0.25) is 0 Å². The van der Waals surface area contributed by atoms with Gasteiger partial charge in [-0.25, -0.2) is 0 Å². The molecule has 5 rings (SSSR count). The fourth-order valence-electron chi connectivity index (χ4n) is 5.11. The maximum Gasteiger partial charge on any atom is 0.238 e. The van der Waals surface area contributed by atoms with Crippen molar-refractivity contribution in [1.29, 1.82) is 0 Å². The predicted molar refractivity (Wildman–Crippen MR) is 147 cm³/mol. The van der Waals surface area contributed by atoms with Gasteiger partial charge >= 0.3 is 0 Å². The normalized spacial score (nSPS) is 32.0. The monoisotopic (exact) mass is 640 g/mol. The number of hydrogen-bond donors (Lipinski definition) is 10. The minimum Gasteiger partial charge on any atom is -0.507 e. The van der Waals surface area contributed by atoms with Crippen molar-refractivity contribution in [2.24, 2.45) is 0 Å². The van der Waals surface area contributed by atoms with Gasteiger partial charge in [-0.3, -0.25) is 4.79 Å². The van der Waals surface area contributed by atoms with Crippen LogP contribution < -0.4 is 14.9 Å². The highest BCUT2D eigenvalue weighted by atomic mass is 16.8. The highest BCUT2D eigenvalue weighted by Crippen LogP contribution is 2.44. The number of hydrogen-bond acceptors (Lipinski definition) is 17. The third-order valence-corrected chi connectivity index (χ3v) is 7.67. The molecule has 2 fully saturated rings. The first-order valence-electron chi connectivity index (χ1n) is 13.5. The van der Waals surface area contributed by atoms with Gasteiger partial charge in [0.25, 0.3) is 0 Å². The molecule has 17 nitrogen and oxygen atoms in total. The number of phenols is 3. The molecule has 1 aromatic heterocycles. The second-order valence-corrected chi connectivity index (χ2v) is 10.5. The Kier molecular flexibility index (Phi) is 9.00. The van der Waals surface area contributed by atoms with Crippen molar-refractivity contribution in [3.05, 3.63) is 34.5 Å². The standard InChI is InChI=1S/C28H32O17/c1-8-16(32)20(36)23(39)27(41-8)45-26-21(37)17(33)14(7-29)43-28(26)42-13-6-11(31)15-19(35)22(38)24(44-25(15)18(13)34)9-3-4-10(30)12(5-9)40-2/h3-6,8,14,16-17,20-21,23,26-34,36-39H,7H2,1-2H3/t8-,14+,16-,17+,20+,21-,23+,26+,27-,28+/m0/s1. The number of ether oxygens (including phenoxy) is 5. The van der Waals surface area contributed by atoms with Gasteiger partial charge in [0.2, 0.25) is 23.2 Å². The molecule has 2 aromatic carbocycles. The fraction of sp³-hybridized carbons (Fsp3) is 0.464. The Hall–Kier alpha value is -3.91. The summed E-state index contributed by atoms with van der Waals surface area (Å²) in [6, 6.07) is 4.46. The fourth-order valence-corrected chi connectivity index (χ4v) is 5.11. The zero-order valence-electron chi connectivity index (χ0n) is 23.6. The number of rotatable bonds is 7. The number of aromatic hydroxyl groups is 4. The van der Waals surface area contributed by atoms with Gasteiger partial charge < -0.3 is 79.2 Å². The second kappa shape index (κ2) is 12.5. The average molecular weight is 641 g/mol. The number of fused-ring (bicyclic) bond motifs is 1. The molecular formula is C28H32O17. The first kappa shape index (κ1) is 32.5. The number of phenolic OH excluding ortho intramolecular Hbond substituents is 3. The molecule has 2 aliphatic heterocycles. The molecule has 246 valence electrons. The van der Waals surface area contributed by atoms with E-state index in [9.17, 15) is 55.9 Å². The van der Waals surface area contributed by atoms with Crippen molar-refractivity contribution in [3.8, 4) is 45.8 Å². The molecule has 2 saturated heterocycles. The maximum absolute atomic E-state index is 13.0. The second-order valence-electron chi connectivity index (χ2n) is 10.5. The lowest BCUT2D eigenvalue weighted by Gasteiger charge is -2.45.